The number of carbonyl (C=O) groups is 2. The van der Waals surface area contributed by atoms with Crippen LogP contribution in [0.4, 0.5) is 15.3 Å². The van der Waals surface area contributed by atoms with Crippen molar-refractivity contribution < 1.29 is 9.59 Å². The van der Waals surface area contributed by atoms with E-state index in [1.807, 2.05) is 22.8 Å². The number of nitrogens with zero attached hydrogens (tertiary/aromatic N) is 2. The number of aryl methyl sites for hydroxylation is 1. The van der Waals surface area contributed by atoms with Crippen molar-refractivity contribution in [2.75, 3.05) is 31.1 Å². The van der Waals surface area contributed by atoms with Gasteiger partial charge in [0.05, 0.1) is 0 Å². The minimum Gasteiger partial charge on any atom is -0.338 e. The van der Waals surface area contributed by atoms with Gasteiger partial charge in [0.25, 0.3) is 0 Å². The molecule has 6 nitrogen and oxygen atoms in total. The monoisotopic (exact) mass is 330 g/mol. The summed E-state index contributed by atoms with van der Waals surface area (Å²) in [6.45, 7) is 6.75. The molecular formula is C18H26N4O2. The van der Waals surface area contributed by atoms with Crippen LogP contribution in [-0.4, -0.2) is 49.2 Å². The molecule has 3 rings (SSSR count). The first-order chi connectivity index (χ1) is 11.6. The molecule has 0 atom stereocenters. The molecule has 1 saturated heterocycles. The van der Waals surface area contributed by atoms with Crippen molar-refractivity contribution in [2.45, 2.75) is 39.2 Å². The molecule has 0 bridgehead atoms. The molecule has 0 saturated carbocycles. The molecule has 24 heavy (non-hydrogen) atoms. The standard InChI is InChI=1S/C18H26N4O2/c1-3-19-17(23)21-9-7-15(8-10-21)20-18(24)22-11-6-14-12-13(2)4-5-16(14)22/h4-5,12,15H,3,6-11H2,1-2H3,(H,19,23)(H,20,24). The van der Waals surface area contributed by atoms with Crippen LogP contribution in [0.25, 0.3) is 0 Å². The van der Waals surface area contributed by atoms with E-state index < -0.39 is 0 Å². The second-order valence-corrected chi connectivity index (χ2v) is 6.58. The smallest absolute Gasteiger partial charge is 0.322 e. The number of hydrogen-bond donors (Lipinski definition) is 2. The molecular weight excluding hydrogens is 304 g/mol. The van der Waals surface area contributed by atoms with Gasteiger partial charge in [-0.05, 0) is 44.7 Å². The highest BCUT2D eigenvalue weighted by Crippen LogP contribution is 2.28. The zero-order valence-electron chi connectivity index (χ0n) is 14.5. The van der Waals surface area contributed by atoms with Crippen LogP contribution in [-0.2, 0) is 6.42 Å². The van der Waals surface area contributed by atoms with Gasteiger partial charge in [-0.15, -0.1) is 0 Å². The first-order valence-electron chi connectivity index (χ1n) is 8.79. The molecule has 2 aliphatic heterocycles. The van der Waals surface area contributed by atoms with Gasteiger partial charge in [-0.25, -0.2) is 9.59 Å². The minimum absolute atomic E-state index is 0.00823. The lowest BCUT2D eigenvalue weighted by Crippen LogP contribution is -2.51. The maximum Gasteiger partial charge on any atom is 0.322 e. The van der Waals surface area contributed by atoms with E-state index in [9.17, 15) is 9.59 Å². The lowest BCUT2D eigenvalue weighted by atomic mass is 10.1. The molecule has 6 heteroatoms. The third kappa shape index (κ3) is 3.47. The molecule has 2 heterocycles. The summed E-state index contributed by atoms with van der Waals surface area (Å²) >= 11 is 0. The number of hydrogen-bond acceptors (Lipinski definition) is 2. The second-order valence-electron chi connectivity index (χ2n) is 6.58. The van der Waals surface area contributed by atoms with E-state index in [1.54, 1.807) is 0 Å². The predicted octanol–water partition coefficient (Wildman–Crippen LogP) is 2.26. The SMILES string of the molecule is CCNC(=O)N1CCC(NC(=O)N2CCc3cc(C)ccc32)CC1. The molecule has 0 aromatic heterocycles. The molecule has 2 aliphatic rings. The second kappa shape index (κ2) is 7.11. The van der Waals surface area contributed by atoms with Gasteiger partial charge in [-0.3, -0.25) is 4.90 Å². The number of nitrogens with one attached hydrogen (secondary N) is 2. The Kier molecular flexibility index (Phi) is 4.92. The van der Waals surface area contributed by atoms with Crippen LogP contribution in [0, 0.1) is 6.92 Å². The maximum absolute atomic E-state index is 12.6. The van der Waals surface area contributed by atoms with Gasteiger partial charge in [-0.2, -0.15) is 0 Å². The first-order valence-corrected chi connectivity index (χ1v) is 8.79. The molecule has 0 radical (unpaired) electrons. The predicted molar refractivity (Wildman–Crippen MR) is 94.4 cm³/mol. The van der Waals surface area contributed by atoms with Crippen molar-refractivity contribution in [1.82, 2.24) is 15.5 Å². The van der Waals surface area contributed by atoms with E-state index in [0.717, 1.165) is 31.5 Å². The van der Waals surface area contributed by atoms with Crippen LogP contribution >= 0.6 is 0 Å². The third-order valence-corrected chi connectivity index (χ3v) is 4.81. The number of anilines is 1. The number of amides is 4. The van der Waals surface area contributed by atoms with Gasteiger partial charge in [0.2, 0.25) is 0 Å². The summed E-state index contributed by atoms with van der Waals surface area (Å²) in [5.74, 6) is 0. The Hall–Kier alpha value is -2.24. The zero-order valence-corrected chi connectivity index (χ0v) is 14.5. The average Bonchev–Trinajstić information content (AvgIpc) is 2.98. The molecule has 0 unspecified atom stereocenters. The number of piperidine rings is 1. The van der Waals surface area contributed by atoms with E-state index in [-0.39, 0.29) is 18.1 Å². The van der Waals surface area contributed by atoms with E-state index in [2.05, 4.69) is 29.7 Å². The summed E-state index contributed by atoms with van der Waals surface area (Å²) in [4.78, 5) is 28.1. The topological polar surface area (TPSA) is 64.7 Å². The Bertz CT molecular complexity index is 623. The van der Waals surface area contributed by atoms with Crippen LogP contribution in [0.1, 0.15) is 30.9 Å². The number of fused-ring (bicyclic) bond motifs is 1. The van der Waals surface area contributed by atoms with Crippen molar-refractivity contribution in [2.24, 2.45) is 0 Å². The summed E-state index contributed by atoms with van der Waals surface area (Å²) in [5, 5.41) is 5.96. The number of benzene rings is 1. The van der Waals surface area contributed by atoms with Crippen LogP contribution in [0.15, 0.2) is 18.2 Å². The van der Waals surface area contributed by atoms with Crippen LogP contribution in [0.3, 0.4) is 0 Å². The molecule has 2 N–H and O–H groups in total. The minimum atomic E-state index is -0.0194. The summed E-state index contributed by atoms with van der Waals surface area (Å²) in [6.07, 6.45) is 2.52. The normalized spacial score (nSPS) is 17.6. The Labute approximate surface area is 143 Å². The summed E-state index contributed by atoms with van der Waals surface area (Å²) < 4.78 is 0. The van der Waals surface area contributed by atoms with Gasteiger partial charge in [0, 0.05) is 37.9 Å². The average molecular weight is 330 g/mol. The quantitative estimate of drug-likeness (QED) is 0.873. The van der Waals surface area contributed by atoms with E-state index in [4.69, 9.17) is 0 Å². The highest BCUT2D eigenvalue weighted by atomic mass is 16.2. The highest BCUT2D eigenvalue weighted by Gasteiger charge is 2.28. The molecule has 4 amide bonds. The van der Waals surface area contributed by atoms with Crippen molar-refractivity contribution in [1.29, 1.82) is 0 Å². The van der Waals surface area contributed by atoms with Crippen LogP contribution in [0.5, 0.6) is 0 Å². The van der Waals surface area contributed by atoms with Crippen molar-refractivity contribution in [3.05, 3.63) is 29.3 Å². The van der Waals surface area contributed by atoms with Crippen molar-refractivity contribution in [3.63, 3.8) is 0 Å². The first kappa shape index (κ1) is 16.6. The van der Waals surface area contributed by atoms with Gasteiger partial charge in [0.1, 0.15) is 0 Å². The lowest BCUT2D eigenvalue weighted by Gasteiger charge is -2.33. The number of carbonyl (C=O) groups excluding carboxylic acids is 2. The number of likely N-dealkylation sites (tertiary alicyclic amines) is 1. The van der Waals surface area contributed by atoms with Gasteiger partial charge < -0.3 is 15.5 Å². The Balaban J connectivity index is 1.53. The summed E-state index contributed by atoms with van der Waals surface area (Å²) in [5.41, 5.74) is 3.50. The molecule has 130 valence electrons. The van der Waals surface area contributed by atoms with Crippen LogP contribution in [0.2, 0.25) is 0 Å². The van der Waals surface area contributed by atoms with Gasteiger partial charge in [-0.1, -0.05) is 17.7 Å². The van der Waals surface area contributed by atoms with Gasteiger partial charge in [0.15, 0.2) is 0 Å². The van der Waals surface area contributed by atoms with Crippen molar-refractivity contribution in [3.8, 4) is 0 Å². The Morgan fingerprint density at radius 1 is 1.17 bits per heavy atom. The van der Waals surface area contributed by atoms with Gasteiger partial charge >= 0.3 is 12.1 Å². The lowest BCUT2D eigenvalue weighted by molar-refractivity contribution is 0.177. The van der Waals surface area contributed by atoms with Crippen LogP contribution < -0.4 is 15.5 Å². The van der Waals surface area contributed by atoms with E-state index in [1.165, 1.54) is 11.1 Å². The fourth-order valence-electron chi connectivity index (χ4n) is 3.48. The Morgan fingerprint density at radius 2 is 1.92 bits per heavy atom. The summed E-state index contributed by atoms with van der Waals surface area (Å²) in [6, 6.07) is 6.36. The largest absolute Gasteiger partial charge is 0.338 e. The molecule has 0 aliphatic carbocycles. The molecule has 1 aromatic carbocycles. The van der Waals surface area contributed by atoms with E-state index >= 15 is 0 Å². The third-order valence-electron chi connectivity index (χ3n) is 4.81. The summed E-state index contributed by atoms with van der Waals surface area (Å²) in [7, 11) is 0. The van der Waals surface area contributed by atoms with E-state index in [0.29, 0.717) is 19.6 Å². The highest BCUT2D eigenvalue weighted by molar-refractivity contribution is 5.94. The molecule has 1 fully saturated rings. The molecule has 1 aromatic rings. The fourth-order valence-corrected chi connectivity index (χ4v) is 3.48. The zero-order chi connectivity index (χ0) is 17.1. The number of urea groups is 2. The maximum atomic E-state index is 12.6. The number of rotatable bonds is 2. The fraction of sp³-hybridized carbons (Fsp3) is 0.556. The van der Waals surface area contributed by atoms with Crippen molar-refractivity contribution >= 4 is 17.7 Å². The molecule has 0 spiro atoms. The Morgan fingerprint density at radius 3 is 2.62 bits per heavy atom.